The van der Waals surface area contributed by atoms with Crippen molar-refractivity contribution in [3.8, 4) is 0 Å². The van der Waals surface area contributed by atoms with Crippen molar-refractivity contribution in [2.24, 2.45) is 5.92 Å². The van der Waals surface area contributed by atoms with Gasteiger partial charge < -0.3 is 9.84 Å². The summed E-state index contributed by atoms with van der Waals surface area (Å²) in [6, 6.07) is 8.45. The van der Waals surface area contributed by atoms with Gasteiger partial charge in [0.25, 0.3) is 0 Å². The van der Waals surface area contributed by atoms with E-state index in [1.54, 1.807) is 37.3 Å². The molecule has 0 aromatic heterocycles. The highest BCUT2D eigenvalue weighted by Crippen LogP contribution is 2.29. The van der Waals surface area contributed by atoms with Crippen LogP contribution >= 0.6 is 0 Å². The Morgan fingerprint density at radius 1 is 1.19 bits per heavy atom. The predicted octanol–water partition coefficient (Wildman–Crippen LogP) is 3.20. The maximum Gasteiger partial charge on any atom is 0.338 e. The lowest BCUT2D eigenvalue weighted by molar-refractivity contribution is -0.115. The summed E-state index contributed by atoms with van der Waals surface area (Å²) in [7, 11) is 0. The summed E-state index contributed by atoms with van der Waals surface area (Å²) >= 11 is 0. The van der Waals surface area contributed by atoms with Gasteiger partial charge in [0.1, 0.15) is 6.10 Å². The first kappa shape index (κ1) is 20.5. The molecule has 0 aliphatic heterocycles. The standard InChI is InChI=1S/C22H24O5/c1-5-15(17-13-18(23)14(2)11-19(17)24)12-20(22(3,4)26)27-21(25)16-9-7-6-8-10-16/h5-11,13,15,20,26H,1,12H2,2-4H3/t15-,20-/m0/s1. The smallest absolute Gasteiger partial charge is 0.338 e. The van der Waals surface area contributed by atoms with Gasteiger partial charge in [-0.15, -0.1) is 6.58 Å². The zero-order valence-electron chi connectivity index (χ0n) is 15.8. The van der Waals surface area contributed by atoms with E-state index < -0.39 is 23.6 Å². The number of hydrogen-bond acceptors (Lipinski definition) is 5. The molecule has 0 saturated heterocycles. The molecule has 0 fully saturated rings. The molecule has 0 heterocycles. The lowest BCUT2D eigenvalue weighted by Gasteiger charge is -2.32. The zero-order chi connectivity index (χ0) is 20.2. The molecule has 0 unspecified atom stereocenters. The van der Waals surface area contributed by atoms with Crippen molar-refractivity contribution in [3.63, 3.8) is 0 Å². The van der Waals surface area contributed by atoms with Gasteiger partial charge >= 0.3 is 5.97 Å². The average Bonchev–Trinajstić information content (AvgIpc) is 2.61. The Hall–Kier alpha value is -2.79. The quantitative estimate of drug-likeness (QED) is 0.454. The van der Waals surface area contributed by atoms with Crippen LogP contribution < -0.4 is 0 Å². The number of aliphatic hydroxyl groups is 1. The number of allylic oxidation sites excluding steroid dienone is 5. The van der Waals surface area contributed by atoms with Crippen molar-refractivity contribution in [2.45, 2.75) is 38.9 Å². The molecule has 1 N–H and O–H groups in total. The zero-order valence-corrected chi connectivity index (χ0v) is 15.8. The topological polar surface area (TPSA) is 80.7 Å². The first-order chi connectivity index (χ1) is 12.6. The van der Waals surface area contributed by atoms with Crippen molar-refractivity contribution in [1.82, 2.24) is 0 Å². The van der Waals surface area contributed by atoms with Crippen LogP contribution in [-0.4, -0.2) is 34.3 Å². The fourth-order valence-corrected chi connectivity index (χ4v) is 2.80. The van der Waals surface area contributed by atoms with Crippen LogP contribution in [0.25, 0.3) is 0 Å². The number of carbonyl (C=O) groups is 3. The normalized spacial score (nSPS) is 16.9. The Morgan fingerprint density at radius 2 is 1.81 bits per heavy atom. The number of ether oxygens (including phenoxy) is 1. The Balaban J connectivity index is 2.23. The first-order valence-corrected chi connectivity index (χ1v) is 8.73. The van der Waals surface area contributed by atoms with Crippen molar-refractivity contribution in [1.29, 1.82) is 0 Å². The van der Waals surface area contributed by atoms with Crippen LogP contribution in [0.4, 0.5) is 0 Å². The minimum atomic E-state index is -1.35. The summed E-state index contributed by atoms with van der Waals surface area (Å²) in [5.74, 6) is -1.62. The number of ketones is 2. The molecule has 0 saturated carbocycles. The van der Waals surface area contributed by atoms with Gasteiger partial charge in [-0.1, -0.05) is 24.3 Å². The minimum Gasteiger partial charge on any atom is -0.456 e. The van der Waals surface area contributed by atoms with Gasteiger partial charge in [-0.3, -0.25) is 9.59 Å². The SMILES string of the molecule is C=C[C@@H](C[C@H](OC(=O)c1ccccc1)C(C)(C)O)C1=CC(=O)C(C)=CC1=O. The van der Waals surface area contributed by atoms with Crippen LogP contribution in [0.3, 0.4) is 0 Å². The van der Waals surface area contributed by atoms with Crippen molar-refractivity contribution in [2.75, 3.05) is 0 Å². The van der Waals surface area contributed by atoms with Gasteiger partial charge in [0, 0.05) is 17.1 Å². The average molecular weight is 368 g/mol. The third-order valence-corrected chi connectivity index (χ3v) is 4.51. The second kappa shape index (κ2) is 8.27. The van der Waals surface area contributed by atoms with Crippen LogP contribution in [0.5, 0.6) is 0 Å². The second-order valence-electron chi connectivity index (χ2n) is 7.15. The van der Waals surface area contributed by atoms with Crippen LogP contribution in [0.15, 0.2) is 66.3 Å². The molecule has 1 aliphatic carbocycles. The molecule has 5 heteroatoms. The van der Waals surface area contributed by atoms with Gasteiger partial charge in [-0.2, -0.15) is 0 Å². The van der Waals surface area contributed by atoms with Crippen LogP contribution in [-0.2, 0) is 14.3 Å². The van der Waals surface area contributed by atoms with E-state index in [-0.39, 0.29) is 23.6 Å². The lowest BCUT2D eigenvalue weighted by Crippen LogP contribution is -2.41. The highest BCUT2D eigenvalue weighted by atomic mass is 16.6. The molecule has 1 aliphatic rings. The summed E-state index contributed by atoms with van der Waals surface area (Å²) in [4.78, 5) is 36.7. The number of hydrogen-bond donors (Lipinski definition) is 1. The predicted molar refractivity (Wildman–Crippen MR) is 102 cm³/mol. The molecule has 0 bridgehead atoms. The van der Waals surface area contributed by atoms with Gasteiger partial charge in [-0.25, -0.2) is 4.79 Å². The fourth-order valence-electron chi connectivity index (χ4n) is 2.80. The first-order valence-electron chi connectivity index (χ1n) is 8.73. The molecule has 2 atom stereocenters. The Kier molecular flexibility index (Phi) is 6.28. The molecule has 2 rings (SSSR count). The largest absolute Gasteiger partial charge is 0.456 e. The maximum absolute atomic E-state index is 12.4. The molecule has 1 aromatic rings. The third-order valence-electron chi connectivity index (χ3n) is 4.51. The van der Waals surface area contributed by atoms with Crippen molar-refractivity contribution >= 4 is 17.5 Å². The monoisotopic (exact) mass is 368 g/mol. The van der Waals surface area contributed by atoms with Crippen LogP contribution in [0.2, 0.25) is 0 Å². The van der Waals surface area contributed by atoms with Crippen LogP contribution in [0, 0.1) is 5.92 Å². The van der Waals surface area contributed by atoms with Crippen molar-refractivity contribution in [3.05, 3.63) is 71.8 Å². The van der Waals surface area contributed by atoms with E-state index in [1.807, 2.05) is 0 Å². The van der Waals surface area contributed by atoms with E-state index in [0.717, 1.165) is 0 Å². The van der Waals surface area contributed by atoms with Gasteiger partial charge in [-0.05, 0) is 51.5 Å². The summed E-state index contributed by atoms with van der Waals surface area (Å²) in [6.45, 7) is 8.38. The molecule has 0 spiro atoms. The highest BCUT2D eigenvalue weighted by Gasteiger charge is 2.35. The van der Waals surface area contributed by atoms with Crippen molar-refractivity contribution < 1.29 is 24.2 Å². The van der Waals surface area contributed by atoms with E-state index >= 15 is 0 Å². The Morgan fingerprint density at radius 3 is 2.37 bits per heavy atom. The van der Waals surface area contributed by atoms with E-state index in [2.05, 4.69) is 6.58 Å². The number of esters is 1. The van der Waals surface area contributed by atoms with E-state index in [9.17, 15) is 19.5 Å². The lowest BCUT2D eigenvalue weighted by atomic mass is 9.82. The molecular weight excluding hydrogens is 344 g/mol. The van der Waals surface area contributed by atoms with Gasteiger partial charge in [0.05, 0.1) is 11.2 Å². The minimum absolute atomic E-state index is 0.128. The van der Waals surface area contributed by atoms with E-state index in [4.69, 9.17) is 4.74 Å². The number of rotatable bonds is 7. The molecule has 27 heavy (non-hydrogen) atoms. The van der Waals surface area contributed by atoms with E-state index in [0.29, 0.717) is 11.1 Å². The summed E-state index contributed by atoms with van der Waals surface area (Å²) in [5.41, 5.74) is -0.324. The van der Waals surface area contributed by atoms with Gasteiger partial charge in [0.15, 0.2) is 11.6 Å². The summed E-state index contributed by atoms with van der Waals surface area (Å²) < 4.78 is 5.53. The Labute approximate surface area is 159 Å². The molecule has 0 radical (unpaired) electrons. The number of carbonyl (C=O) groups excluding carboxylic acids is 3. The number of benzene rings is 1. The highest BCUT2D eigenvalue weighted by molar-refractivity contribution is 6.20. The molecule has 5 nitrogen and oxygen atoms in total. The van der Waals surface area contributed by atoms with E-state index in [1.165, 1.54) is 32.1 Å². The molecular formula is C22H24O5. The fraction of sp³-hybridized carbons (Fsp3) is 0.318. The summed E-state index contributed by atoms with van der Waals surface area (Å²) in [5, 5.41) is 10.5. The third kappa shape index (κ3) is 5.11. The van der Waals surface area contributed by atoms with Crippen LogP contribution in [0.1, 0.15) is 37.6 Å². The molecule has 142 valence electrons. The maximum atomic E-state index is 12.4. The Bertz CT molecular complexity index is 809. The summed E-state index contributed by atoms with van der Waals surface area (Å²) in [6.07, 6.45) is 3.35. The van der Waals surface area contributed by atoms with Gasteiger partial charge in [0.2, 0.25) is 0 Å². The second-order valence-corrected chi connectivity index (χ2v) is 7.15. The molecule has 1 aromatic carbocycles. The molecule has 0 amide bonds.